The SMILES string of the molecule is COC(=O)Cc1cnc(C(F)F)c(Cl)c1N. The summed E-state index contributed by atoms with van der Waals surface area (Å²) in [6.45, 7) is 0. The summed E-state index contributed by atoms with van der Waals surface area (Å²) in [6.07, 6.45) is -1.86. The number of esters is 1. The van der Waals surface area contributed by atoms with Gasteiger partial charge in [-0.05, 0) is 0 Å². The van der Waals surface area contributed by atoms with Crippen molar-refractivity contribution in [3.05, 3.63) is 22.5 Å². The van der Waals surface area contributed by atoms with E-state index >= 15 is 0 Å². The number of pyridine rings is 1. The van der Waals surface area contributed by atoms with Crippen LogP contribution in [0.25, 0.3) is 0 Å². The summed E-state index contributed by atoms with van der Waals surface area (Å²) in [6, 6.07) is 0. The van der Waals surface area contributed by atoms with Crippen molar-refractivity contribution >= 4 is 23.3 Å². The van der Waals surface area contributed by atoms with Gasteiger partial charge in [0.05, 0.1) is 24.2 Å². The van der Waals surface area contributed by atoms with Gasteiger partial charge in [0.1, 0.15) is 5.69 Å². The number of ether oxygens (including phenoxy) is 1. The van der Waals surface area contributed by atoms with E-state index in [2.05, 4.69) is 9.72 Å². The molecule has 0 fully saturated rings. The third-order valence-corrected chi connectivity index (χ3v) is 2.33. The standard InChI is InChI=1S/C9H9ClF2N2O2/c1-16-5(15)2-4-3-14-8(9(11)12)6(10)7(4)13/h3,9H,2H2,1H3,(H2,13,14). The first-order chi connectivity index (χ1) is 7.47. The molecular weight excluding hydrogens is 242 g/mol. The maximum Gasteiger partial charge on any atom is 0.310 e. The Bertz CT molecular complexity index is 413. The zero-order chi connectivity index (χ0) is 12.3. The lowest BCUT2D eigenvalue weighted by atomic mass is 10.1. The van der Waals surface area contributed by atoms with Crippen molar-refractivity contribution in [3.63, 3.8) is 0 Å². The van der Waals surface area contributed by atoms with E-state index in [0.717, 1.165) is 6.20 Å². The molecule has 0 aromatic carbocycles. The molecule has 0 aliphatic heterocycles. The predicted molar refractivity (Wildman–Crippen MR) is 54.3 cm³/mol. The summed E-state index contributed by atoms with van der Waals surface area (Å²) in [5.74, 6) is -0.547. The topological polar surface area (TPSA) is 65.2 Å². The van der Waals surface area contributed by atoms with Crippen molar-refractivity contribution in [1.29, 1.82) is 0 Å². The van der Waals surface area contributed by atoms with Gasteiger partial charge in [0.2, 0.25) is 0 Å². The molecule has 0 aliphatic carbocycles. The zero-order valence-electron chi connectivity index (χ0n) is 8.34. The Kier molecular flexibility index (Phi) is 4.00. The molecule has 2 N–H and O–H groups in total. The third kappa shape index (κ3) is 2.57. The molecule has 88 valence electrons. The first-order valence-corrected chi connectivity index (χ1v) is 4.62. The molecule has 0 saturated carbocycles. The maximum atomic E-state index is 12.4. The molecule has 0 saturated heterocycles. The van der Waals surface area contributed by atoms with Gasteiger partial charge < -0.3 is 10.5 Å². The summed E-state index contributed by atoms with van der Waals surface area (Å²) in [7, 11) is 1.21. The molecule has 0 amide bonds. The number of carbonyl (C=O) groups excluding carboxylic acids is 1. The number of anilines is 1. The fourth-order valence-electron chi connectivity index (χ4n) is 1.07. The summed E-state index contributed by atoms with van der Waals surface area (Å²) < 4.78 is 29.2. The molecule has 0 aliphatic rings. The largest absolute Gasteiger partial charge is 0.469 e. The van der Waals surface area contributed by atoms with Crippen LogP contribution in [0.3, 0.4) is 0 Å². The van der Waals surface area contributed by atoms with Gasteiger partial charge >= 0.3 is 5.97 Å². The lowest BCUT2D eigenvalue weighted by Crippen LogP contribution is -2.09. The molecule has 7 heteroatoms. The first-order valence-electron chi connectivity index (χ1n) is 4.25. The second-order valence-electron chi connectivity index (χ2n) is 2.95. The smallest absolute Gasteiger partial charge is 0.310 e. The number of hydrogen-bond acceptors (Lipinski definition) is 4. The van der Waals surface area contributed by atoms with Crippen LogP contribution < -0.4 is 5.73 Å². The van der Waals surface area contributed by atoms with Crippen LogP contribution in [0.2, 0.25) is 5.02 Å². The molecule has 1 heterocycles. The summed E-state index contributed by atoms with van der Waals surface area (Å²) in [4.78, 5) is 14.4. The second-order valence-corrected chi connectivity index (χ2v) is 3.33. The van der Waals surface area contributed by atoms with Gasteiger partial charge in [0.15, 0.2) is 0 Å². The van der Waals surface area contributed by atoms with Crippen molar-refractivity contribution in [2.45, 2.75) is 12.8 Å². The van der Waals surface area contributed by atoms with Crippen molar-refractivity contribution in [3.8, 4) is 0 Å². The van der Waals surface area contributed by atoms with E-state index in [9.17, 15) is 13.6 Å². The Balaban J connectivity index is 3.07. The predicted octanol–water partition coefficient (Wildman–Crippen LogP) is 1.97. The molecule has 4 nitrogen and oxygen atoms in total. The van der Waals surface area contributed by atoms with Gasteiger partial charge in [-0.15, -0.1) is 0 Å². The number of hydrogen-bond donors (Lipinski definition) is 1. The van der Waals surface area contributed by atoms with Crippen LogP contribution >= 0.6 is 11.6 Å². The average molecular weight is 251 g/mol. The molecular formula is C9H9ClF2N2O2. The minimum absolute atomic E-state index is 0.0719. The zero-order valence-corrected chi connectivity index (χ0v) is 9.09. The average Bonchev–Trinajstić information content (AvgIpc) is 2.24. The number of alkyl halides is 2. The number of aromatic nitrogens is 1. The van der Waals surface area contributed by atoms with E-state index in [-0.39, 0.29) is 22.7 Å². The van der Waals surface area contributed by atoms with E-state index in [0.29, 0.717) is 0 Å². The normalized spacial score (nSPS) is 10.6. The number of rotatable bonds is 3. The minimum atomic E-state index is -2.80. The number of nitrogens with zero attached hydrogens (tertiary/aromatic N) is 1. The maximum absolute atomic E-state index is 12.4. The van der Waals surface area contributed by atoms with Crippen molar-refractivity contribution < 1.29 is 18.3 Å². The number of nitrogen functional groups attached to an aromatic ring is 1. The summed E-state index contributed by atoms with van der Waals surface area (Å²) in [5.41, 5.74) is 5.11. The van der Waals surface area contributed by atoms with Gasteiger partial charge in [0.25, 0.3) is 6.43 Å². The molecule has 0 spiro atoms. The van der Waals surface area contributed by atoms with Crippen LogP contribution in [0, 0.1) is 0 Å². The number of methoxy groups -OCH3 is 1. The molecule has 1 aromatic rings. The Hall–Kier alpha value is -1.43. The number of carbonyl (C=O) groups is 1. The highest BCUT2D eigenvalue weighted by atomic mass is 35.5. The van der Waals surface area contributed by atoms with E-state index in [1.807, 2.05) is 0 Å². The van der Waals surface area contributed by atoms with Crippen LogP contribution in [0.1, 0.15) is 17.7 Å². The molecule has 0 atom stereocenters. The highest BCUT2D eigenvalue weighted by molar-refractivity contribution is 6.33. The molecule has 1 aromatic heterocycles. The van der Waals surface area contributed by atoms with E-state index in [4.69, 9.17) is 17.3 Å². The Labute approximate surface area is 95.4 Å². The van der Waals surface area contributed by atoms with Crippen molar-refractivity contribution in [1.82, 2.24) is 4.98 Å². The van der Waals surface area contributed by atoms with Gasteiger partial charge in [-0.25, -0.2) is 8.78 Å². The summed E-state index contributed by atoms with van der Waals surface area (Å²) in [5, 5.41) is -0.323. The highest BCUT2D eigenvalue weighted by Gasteiger charge is 2.19. The number of halogens is 3. The lowest BCUT2D eigenvalue weighted by Gasteiger charge is -2.09. The highest BCUT2D eigenvalue weighted by Crippen LogP contribution is 2.31. The van der Waals surface area contributed by atoms with Crippen molar-refractivity contribution in [2.75, 3.05) is 12.8 Å². The quantitative estimate of drug-likeness (QED) is 0.833. The van der Waals surface area contributed by atoms with Crippen LogP contribution in [-0.2, 0) is 16.0 Å². The van der Waals surface area contributed by atoms with Gasteiger partial charge in [-0.1, -0.05) is 11.6 Å². The fourth-order valence-corrected chi connectivity index (χ4v) is 1.33. The monoisotopic (exact) mass is 250 g/mol. The molecule has 0 unspecified atom stereocenters. The molecule has 0 radical (unpaired) electrons. The van der Waals surface area contributed by atoms with Gasteiger partial charge in [-0.2, -0.15) is 0 Å². The minimum Gasteiger partial charge on any atom is -0.469 e. The van der Waals surface area contributed by atoms with E-state index in [1.165, 1.54) is 7.11 Å². The van der Waals surface area contributed by atoms with Crippen LogP contribution in [0.5, 0.6) is 0 Å². The molecule has 16 heavy (non-hydrogen) atoms. The molecule has 0 bridgehead atoms. The van der Waals surface area contributed by atoms with Crippen molar-refractivity contribution in [2.24, 2.45) is 0 Å². The summed E-state index contributed by atoms with van der Waals surface area (Å²) >= 11 is 5.60. The second kappa shape index (κ2) is 5.07. The van der Waals surface area contributed by atoms with Gasteiger partial charge in [0, 0.05) is 11.8 Å². The Morgan fingerprint density at radius 3 is 2.81 bits per heavy atom. The molecule has 1 rings (SSSR count). The Morgan fingerprint density at radius 2 is 2.31 bits per heavy atom. The van der Waals surface area contributed by atoms with Gasteiger partial charge in [-0.3, -0.25) is 9.78 Å². The first kappa shape index (κ1) is 12.6. The fraction of sp³-hybridized carbons (Fsp3) is 0.333. The Morgan fingerprint density at radius 1 is 1.69 bits per heavy atom. The third-order valence-electron chi connectivity index (χ3n) is 1.94. The van der Waals surface area contributed by atoms with Crippen LogP contribution in [0.15, 0.2) is 6.20 Å². The van der Waals surface area contributed by atoms with E-state index < -0.39 is 18.1 Å². The number of nitrogens with two attached hydrogens (primary N) is 1. The van der Waals surface area contributed by atoms with E-state index in [1.54, 1.807) is 0 Å². The van der Waals surface area contributed by atoms with Crippen LogP contribution in [0.4, 0.5) is 14.5 Å². The lowest BCUT2D eigenvalue weighted by molar-refractivity contribution is -0.139. The van der Waals surface area contributed by atoms with Crippen LogP contribution in [-0.4, -0.2) is 18.1 Å².